The third-order valence-electron chi connectivity index (χ3n) is 3.48. The lowest BCUT2D eigenvalue weighted by Crippen LogP contribution is -2.01. The molecule has 0 saturated carbocycles. The highest BCUT2D eigenvalue weighted by atomic mass is 35.5. The number of rotatable bonds is 4. The highest BCUT2D eigenvalue weighted by molar-refractivity contribution is 5.89. The summed E-state index contributed by atoms with van der Waals surface area (Å²) < 4.78 is 0. The lowest BCUT2D eigenvalue weighted by Gasteiger charge is -2.10. The highest BCUT2D eigenvalue weighted by Gasteiger charge is 2.08. The molecular formula is C18H16ClN3O2. The number of carbonyl (C=O) groups is 1. The smallest absolute Gasteiger partial charge is 0.335 e. The molecule has 0 spiro atoms. The van der Waals surface area contributed by atoms with E-state index in [1.165, 1.54) is 6.33 Å². The maximum absolute atomic E-state index is 11.1. The highest BCUT2D eigenvalue weighted by Crippen LogP contribution is 2.23. The summed E-state index contributed by atoms with van der Waals surface area (Å²) in [4.78, 5) is 19.6. The minimum atomic E-state index is -0.958. The summed E-state index contributed by atoms with van der Waals surface area (Å²) in [7, 11) is 0. The van der Waals surface area contributed by atoms with Gasteiger partial charge in [-0.25, -0.2) is 14.8 Å². The van der Waals surface area contributed by atoms with Crippen LogP contribution in [0.25, 0.3) is 11.3 Å². The zero-order chi connectivity index (χ0) is 16.2. The van der Waals surface area contributed by atoms with E-state index in [9.17, 15) is 4.79 Å². The van der Waals surface area contributed by atoms with Crippen molar-refractivity contribution in [3.63, 3.8) is 0 Å². The van der Waals surface area contributed by atoms with E-state index >= 15 is 0 Å². The van der Waals surface area contributed by atoms with Crippen molar-refractivity contribution in [1.82, 2.24) is 9.97 Å². The van der Waals surface area contributed by atoms with Crippen LogP contribution in [0, 0.1) is 6.92 Å². The number of carboxylic acids is 1. The first-order valence-corrected chi connectivity index (χ1v) is 7.12. The number of aromatic carboxylic acids is 1. The van der Waals surface area contributed by atoms with Gasteiger partial charge in [0, 0.05) is 17.3 Å². The Kier molecular flexibility index (Phi) is 5.50. The third-order valence-corrected chi connectivity index (χ3v) is 3.48. The fourth-order valence-corrected chi connectivity index (χ4v) is 2.22. The Morgan fingerprint density at radius 2 is 1.79 bits per heavy atom. The second-order valence-corrected chi connectivity index (χ2v) is 5.11. The van der Waals surface area contributed by atoms with Crippen molar-refractivity contribution < 1.29 is 9.90 Å². The van der Waals surface area contributed by atoms with Gasteiger partial charge in [-0.15, -0.1) is 12.4 Å². The predicted octanol–water partition coefficient (Wildman–Crippen LogP) is 4.32. The fourth-order valence-electron chi connectivity index (χ4n) is 2.22. The van der Waals surface area contributed by atoms with Crippen molar-refractivity contribution in [3.8, 4) is 11.3 Å². The van der Waals surface area contributed by atoms with E-state index in [0.717, 1.165) is 16.8 Å². The molecule has 0 amide bonds. The van der Waals surface area contributed by atoms with Crippen LogP contribution in [0.1, 0.15) is 15.9 Å². The van der Waals surface area contributed by atoms with Crippen molar-refractivity contribution in [2.75, 3.05) is 5.32 Å². The van der Waals surface area contributed by atoms with Gasteiger partial charge in [0.15, 0.2) is 0 Å². The van der Waals surface area contributed by atoms with Crippen LogP contribution in [0.4, 0.5) is 11.5 Å². The summed E-state index contributed by atoms with van der Waals surface area (Å²) in [5.41, 5.74) is 3.68. The van der Waals surface area contributed by atoms with E-state index in [2.05, 4.69) is 15.3 Å². The number of hydrogen-bond donors (Lipinski definition) is 2. The van der Waals surface area contributed by atoms with E-state index in [1.807, 2.05) is 43.3 Å². The van der Waals surface area contributed by atoms with Gasteiger partial charge in [-0.3, -0.25) is 0 Å². The summed E-state index contributed by atoms with van der Waals surface area (Å²) in [6, 6.07) is 16.6. The van der Waals surface area contributed by atoms with Gasteiger partial charge in [-0.05, 0) is 24.6 Å². The van der Waals surface area contributed by atoms with Crippen molar-refractivity contribution >= 4 is 29.9 Å². The second-order valence-electron chi connectivity index (χ2n) is 5.11. The van der Waals surface area contributed by atoms with Gasteiger partial charge in [0.25, 0.3) is 0 Å². The van der Waals surface area contributed by atoms with Crippen LogP contribution in [0.5, 0.6) is 0 Å². The predicted molar refractivity (Wildman–Crippen MR) is 96.1 cm³/mol. The molecule has 0 aliphatic rings. The molecule has 3 rings (SSSR count). The third kappa shape index (κ3) is 3.88. The lowest BCUT2D eigenvalue weighted by atomic mass is 10.1. The Hall–Kier alpha value is -2.92. The molecule has 1 heterocycles. The quantitative estimate of drug-likeness (QED) is 0.739. The SMILES string of the molecule is Cc1ccc(C(=O)O)cc1Nc1cc(-c2ccccc2)ncn1.Cl. The van der Waals surface area contributed by atoms with Crippen LogP contribution in [0.2, 0.25) is 0 Å². The van der Waals surface area contributed by atoms with Crippen LogP contribution < -0.4 is 5.32 Å². The summed E-state index contributed by atoms with van der Waals surface area (Å²) in [6.07, 6.45) is 1.49. The molecule has 0 radical (unpaired) electrons. The molecule has 122 valence electrons. The summed E-state index contributed by atoms with van der Waals surface area (Å²) in [6.45, 7) is 1.91. The fraction of sp³-hybridized carbons (Fsp3) is 0.0556. The average Bonchev–Trinajstić information content (AvgIpc) is 2.58. The Morgan fingerprint density at radius 3 is 2.50 bits per heavy atom. The van der Waals surface area contributed by atoms with Crippen LogP contribution in [0.3, 0.4) is 0 Å². The number of aryl methyl sites for hydroxylation is 1. The van der Waals surface area contributed by atoms with Crippen molar-refractivity contribution in [1.29, 1.82) is 0 Å². The Bertz CT molecular complexity index is 854. The molecule has 2 N–H and O–H groups in total. The van der Waals surface area contributed by atoms with Gasteiger partial charge >= 0.3 is 5.97 Å². The van der Waals surface area contributed by atoms with Crippen LogP contribution in [-0.4, -0.2) is 21.0 Å². The molecule has 0 aliphatic carbocycles. The molecule has 0 unspecified atom stereocenters. The van der Waals surface area contributed by atoms with Gasteiger partial charge in [-0.1, -0.05) is 36.4 Å². The van der Waals surface area contributed by atoms with Crippen molar-refractivity contribution in [2.45, 2.75) is 6.92 Å². The van der Waals surface area contributed by atoms with Gasteiger partial charge in [-0.2, -0.15) is 0 Å². The van der Waals surface area contributed by atoms with Crippen LogP contribution >= 0.6 is 12.4 Å². The average molecular weight is 342 g/mol. The van der Waals surface area contributed by atoms with Gasteiger partial charge in [0.05, 0.1) is 11.3 Å². The van der Waals surface area contributed by atoms with E-state index in [0.29, 0.717) is 11.5 Å². The number of nitrogens with zero attached hydrogens (tertiary/aromatic N) is 2. The van der Waals surface area contributed by atoms with E-state index < -0.39 is 5.97 Å². The first-order chi connectivity index (χ1) is 11.1. The van der Waals surface area contributed by atoms with Gasteiger partial charge < -0.3 is 10.4 Å². The lowest BCUT2D eigenvalue weighted by molar-refractivity contribution is 0.0697. The first-order valence-electron chi connectivity index (χ1n) is 7.12. The number of benzene rings is 2. The van der Waals surface area contributed by atoms with E-state index in [-0.39, 0.29) is 18.0 Å². The normalized spacial score (nSPS) is 9.88. The summed E-state index contributed by atoms with van der Waals surface area (Å²) in [5.74, 6) is -0.342. The van der Waals surface area contributed by atoms with E-state index in [1.54, 1.807) is 18.2 Å². The molecule has 1 aromatic heterocycles. The Labute approximate surface area is 145 Å². The zero-order valence-corrected chi connectivity index (χ0v) is 13.7. The molecule has 5 nitrogen and oxygen atoms in total. The number of anilines is 2. The molecule has 0 atom stereocenters. The topological polar surface area (TPSA) is 75.1 Å². The number of aromatic nitrogens is 2. The minimum absolute atomic E-state index is 0. The first kappa shape index (κ1) is 17.4. The number of carboxylic acid groups (broad SMARTS) is 1. The molecule has 2 aromatic carbocycles. The van der Waals surface area contributed by atoms with Crippen LogP contribution in [-0.2, 0) is 0 Å². The van der Waals surface area contributed by atoms with E-state index in [4.69, 9.17) is 5.11 Å². The largest absolute Gasteiger partial charge is 0.478 e. The van der Waals surface area contributed by atoms with Gasteiger partial charge in [0.1, 0.15) is 12.1 Å². The Morgan fingerprint density at radius 1 is 1.04 bits per heavy atom. The maximum Gasteiger partial charge on any atom is 0.335 e. The molecule has 0 aliphatic heterocycles. The van der Waals surface area contributed by atoms with Gasteiger partial charge in [0.2, 0.25) is 0 Å². The molecule has 24 heavy (non-hydrogen) atoms. The molecule has 3 aromatic rings. The Balaban J connectivity index is 0.00000208. The number of halogens is 1. The van der Waals surface area contributed by atoms with Crippen molar-refractivity contribution in [2.24, 2.45) is 0 Å². The molecule has 0 saturated heterocycles. The molecular weight excluding hydrogens is 326 g/mol. The monoisotopic (exact) mass is 341 g/mol. The van der Waals surface area contributed by atoms with Crippen molar-refractivity contribution in [3.05, 3.63) is 72.1 Å². The second kappa shape index (κ2) is 7.57. The summed E-state index contributed by atoms with van der Waals surface area (Å²) in [5, 5.41) is 12.3. The minimum Gasteiger partial charge on any atom is -0.478 e. The molecule has 0 fully saturated rings. The maximum atomic E-state index is 11.1. The molecule has 6 heteroatoms. The van der Waals surface area contributed by atoms with Crippen LogP contribution in [0.15, 0.2) is 60.9 Å². The number of nitrogens with one attached hydrogen (secondary N) is 1. The molecule has 0 bridgehead atoms. The zero-order valence-electron chi connectivity index (χ0n) is 12.9. The standard InChI is InChI=1S/C18H15N3O2.ClH/c1-12-7-8-14(18(22)23)9-15(12)21-17-10-16(19-11-20-17)13-5-3-2-4-6-13;/h2-11H,1H3,(H,22,23)(H,19,20,21);1H. The summed E-state index contributed by atoms with van der Waals surface area (Å²) >= 11 is 0. The number of hydrogen-bond acceptors (Lipinski definition) is 4.